The smallest absolute Gasteiger partial charge is 0.335 e. The summed E-state index contributed by atoms with van der Waals surface area (Å²) in [6.45, 7) is -0.220. The van der Waals surface area contributed by atoms with Crippen LogP contribution in [0.5, 0.6) is 0 Å². The molecule has 17 heavy (non-hydrogen) atoms. The highest BCUT2D eigenvalue weighted by Crippen LogP contribution is 1.89. The van der Waals surface area contributed by atoms with E-state index in [1.54, 1.807) is 0 Å². The lowest BCUT2D eigenvalue weighted by molar-refractivity contribution is 0.00323. The van der Waals surface area contributed by atoms with Crippen molar-refractivity contribution >= 4 is 6.21 Å². The van der Waals surface area contributed by atoms with E-state index in [1.807, 2.05) is 0 Å². The lowest BCUT2D eigenvalue weighted by Gasteiger charge is -2.09. The molecular weight excluding hydrogens is 228 g/mol. The molecule has 0 bridgehead atoms. The van der Waals surface area contributed by atoms with Gasteiger partial charge in [-0.3, -0.25) is 9.36 Å². The summed E-state index contributed by atoms with van der Waals surface area (Å²) in [5.41, 5.74) is 7.45. The van der Waals surface area contributed by atoms with Crippen LogP contribution in [0.15, 0.2) is 15.7 Å². The van der Waals surface area contributed by atoms with E-state index in [-0.39, 0.29) is 19.2 Å². The topological polar surface area (TPSA) is 98.9 Å². The zero-order valence-electron chi connectivity index (χ0n) is 9.49. The summed E-state index contributed by atoms with van der Waals surface area (Å²) in [5.74, 6) is 0. The van der Waals surface area contributed by atoms with Crippen LogP contribution in [0.1, 0.15) is 5.69 Å². The van der Waals surface area contributed by atoms with E-state index in [4.69, 9.17) is 15.0 Å². The molecule has 0 fully saturated rings. The van der Waals surface area contributed by atoms with Gasteiger partial charge in [-0.15, -0.1) is 0 Å². The van der Waals surface area contributed by atoms with Gasteiger partial charge in [-0.1, -0.05) is 0 Å². The number of hydrogen-bond acceptors (Lipinski definition) is 4. The second kappa shape index (κ2) is 5.90. The molecule has 1 aromatic rings. The van der Waals surface area contributed by atoms with Crippen LogP contribution in [0, 0.1) is 0 Å². The van der Waals surface area contributed by atoms with E-state index in [9.17, 15) is 9.59 Å². The molecule has 1 heterocycles. The molecule has 0 spiro atoms. The fraction of sp³-hybridized carbons (Fsp3) is 0.444. The third-order valence-electron chi connectivity index (χ3n) is 2.02. The second-order valence-electron chi connectivity index (χ2n) is 3.13. The Morgan fingerprint density at radius 1 is 1.29 bits per heavy atom. The largest absolute Gasteiger partial charge is 0.364 e. The first-order chi connectivity index (χ1) is 8.15. The van der Waals surface area contributed by atoms with Crippen LogP contribution in [0.2, 0.25) is 0 Å². The molecule has 92 valence electrons. The predicted molar refractivity (Wildman–Crippen MR) is 57.8 cm³/mol. The van der Waals surface area contributed by atoms with Gasteiger partial charge in [0.25, 0.3) is 5.56 Å². The van der Waals surface area contributed by atoms with Crippen molar-refractivity contribution in [2.24, 2.45) is 0 Å². The molecule has 0 aliphatic rings. The highest BCUT2D eigenvalue weighted by atomic mass is 16.5. The quantitative estimate of drug-likeness (QED) is 0.369. The van der Waals surface area contributed by atoms with E-state index in [0.717, 1.165) is 21.4 Å². The minimum absolute atomic E-state index is 0.0653. The lowest BCUT2D eigenvalue weighted by Crippen LogP contribution is -2.41. The van der Waals surface area contributed by atoms with Crippen molar-refractivity contribution in [3.63, 3.8) is 0 Å². The van der Waals surface area contributed by atoms with Crippen LogP contribution in [0.25, 0.3) is 5.53 Å². The summed E-state index contributed by atoms with van der Waals surface area (Å²) in [7, 11) is 2.77. The van der Waals surface area contributed by atoms with Gasteiger partial charge in [0.2, 0.25) is 0 Å². The first-order valence-corrected chi connectivity index (χ1v) is 4.65. The Morgan fingerprint density at radius 3 is 2.41 bits per heavy atom. The number of ether oxygens (including phenoxy) is 2. The van der Waals surface area contributed by atoms with Gasteiger partial charge in [0.15, 0.2) is 0 Å². The van der Waals surface area contributed by atoms with Crippen LogP contribution in [-0.4, -0.2) is 34.4 Å². The number of methoxy groups -OCH3 is 2. The molecule has 0 atom stereocenters. The first kappa shape index (κ1) is 13.0. The maximum Gasteiger partial charge on any atom is 0.335 e. The average molecular weight is 240 g/mol. The number of nitrogens with zero attached hydrogens (tertiary/aromatic N) is 4. The fourth-order valence-electron chi connectivity index (χ4n) is 1.31. The van der Waals surface area contributed by atoms with Crippen LogP contribution >= 0.6 is 0 Å². The van der Waals surface area contributed by atoms with E-state index >= 15 is 0 Å². The zero-order valence-corrected chi connectivity index (χ0v) is 9.49. The van der Waals surface area contributed by atoms with E-state index in [0.29, 0.717) is 0 Å². The molecule has 0 saturated heterocycles. The number of aromatic nitrogens is 2. The summed E-state index contributed by atoms with van der Waals surface area (Å²) in [6, 6.07) is 1.15. The minimum Gasteiger partial charge on any atom is -0.364 e. The lowest BCUT2D eigenvalue weighted by atomic mass is 10.4. The molecular formula is C9H12N4O4. The Kier molecular flexibility index (Phi) is 4.53. The second-order valence-corrected chi connectivity index (χ2v) is 3.13. The first-order valence-electron chi connectivity index (χ1n) is 4.65. The van der Waals surface area contributed by atoms with Gasteiger partial charge in [0, 0.05) is 20.3 Å². The molecule has 0 radical (unpaired) electrons. The monoisotopic (exact) mass is 240 g/mol. The fourth-order valence-corrected chi connectivity index (χ4v) is 1.31. The predicted octanol–water partition coefficient (Wildman–Crippen LogP) is -1.13. The van der Waals surface area contributed by atoms with Crippen molar-refractivity contribution in [1.82, 2.24) is 9.13 Å². The third-order valence-corrected chi connectivity index (χ3v) is 2.02. The normalized spacial score (nSPS) is 10.0. The average Bonchev–Trinajstić information content (AvgIpc) is 2.30. The number of rotatable bonds is 5. The highest BCUT2D eigenvalue weighted by molar-refractivity contribution is 5.71. The van der Waals surface area contributed by atoms with E-state index in [1.165, 1.54) is 14.2 Å². The Hall–Kier alpha value is -2.02. The molecule has 8 nitrogen and oxygen atoms in total. The van der Waals surface area contributed by atoms with Crippen LogP contribution in [0.3, 0.4) is 0 Å². The van der Waals surface area contributed by atoms with Gasteiger partial charge < -0.3 is 15.0 Å². The highest BCUT2D eigenvalue weighted by Gasteiger charge is 2.11. The molecule has 1 rings (SSSR count). The summed E-state index contributed by atoms with van der Waals surface area (Å²) >= 11 is 0. The van der Waals surface area contributed by atoms with Gasteiger partial charge in [-0.25, -0.2) is 9.36 Å². The van der Waals surface area contributed by atoms with Gasteiger partial charge in [-0.05, 0) is 0 Å². The van der Waals surface area contributed by atoms with Crippen LogP contribution in [-0.2, 0) is 22.9 Å². The Labute approximate surface area is 96.2 Å². The molecule has 0 saturated carbocycles. The summed E-state index contributed by atoms with van der Waals surface area (Å²) in [4.78, 5) is 26.2. The Morgan fingerprint density at radius 2 is 1.88 bits per heavy atom. The number of hydrogen-bond donors (Lipinski definition) is 0. The Balaban J connectivity index is 3.51. The zero-order chi connectivity index (χ0) is 12.8. The van der Waals surface area contributed by atoms with Crippen LogP contribution < -0.4 is 11.2 Å². The van der Waals surface area contributed by atoms with Crippen molar-refractivity contribution in [1.29, 1.82) is 0 Å². The molecule has 0 N–H and O–H groups in total. The summed E-state index contributed by atoms with van der Waals surface area (Å²) < 4.78 is 11.6. The molecule has 0 amide bonds. The van der Waals surface area contributed by atoms with Gasteiger partial charge >= 0.3 is 11.9 Å². The van der Waals surface area contributed by atoms with Crippen molar-refractivity contribution in [2.45, 2.75) is 13.5 Å². The molecule has 1 aromatic heterocycles. The standard InChI is InChI=1S/C9H12N4O4/c1-16-5-12-7(4-11-10)3-8(14)13(6-17-2)9(12)15/h3-4H,5-6H2,1-2H3. The molecule has 0 aliphatic carbocycles. The third kappa shape index (κ3) is 2.76. The van der Waals surface area contributed by atoms with Crippen molar-refractivity contribution in [2.75, 3.05) is 14.2 Å². The minimum atomic E-state index is -0.601. The molecule has 8 heteroatoms. The SMILES string of the molecule is COCn1c(C=[N+]=[N-])cc(=O)n(COC)c1=O. The van der Waals surface area contributed by atoms with Crippen LogP contribution in [0.4, 0.5) is 0 Å². The summed E-state index contributed by atoms with van der Waals surface area (Å²) in [6.07, 6.45) is 0.985. The van der Waals surface area contributed by atoms with Crippen molar-refractivity contribution in [3.05, 3.63) is 38.1 Å². The van der Waals surface area contributed by atoms with E-state index in [2.05, 4.69) is 4.79 Å². The Bertz CT molecular complexity index is 553. The van der Waals surface area contributed by atoms with E-state index < -0.39 is 11.2 Å². The van der Waals surface area contributed by atoms with Gasteiger partial charge in [0.1, 0.15) is 19.2 Å². The summed E-state index contributed by atoms with van der Waals surface area (Å²) in [5, 5.41) is 0. The van der Waals surface area contributed by atoms with Crippen molar-refractivity contribution < 1.29 is 14.3 Å². The maximum absolute atomic E-state index is 11.9. The molecule has 0 aromatic carbocycles. The van der Waals surface area contributed by atoms with Crippen molar-refractivity contribution in [3.8, 4) is 0 Å². The van der Waals surface area contributed by atoms with Gasteiger partial charge in [-0.2, -0.15) is 4.79 Å². The molecule has 0 unspecified atom stereocenters. The van der Waals surface area contributed by atoms with Gasteiger partial charge in [0.05, 0.1) is 0 Å². The maximum atomic E-state index is 11.9. The molecule has 0 aliphatic heterocycles.